The lowest BCUT2D eigenvalue weighted by atomic mass is 10.2. The van der Waals surface area contributed by atoms with Gasteiger partial charge < -0.3 is 15.2 Å². The minimum absolute atomic E-state index is 0. The molecule has 2 aromatic rings. The molecule has 1 aliphatic heterocycles. The Labute approximate surface area is 160 Å². The van der Waals surface area contributed by atoms with Gasteiger partial charge in [0, 0.05) is 19.5 Å². The molecule has 0 spiro atoms. The summed E-state index contributed by atoms with van der Waals surface area (Å²) in [4.78, 5) is 4.63. The number of benzene rings is 1. The Morgan fingerprint density at radius 3 is 2.79 bits per heavy atom. The summed E-state index contributed by atoms with van der Waals surface area (Å²) in [5.41, 5.74) is 1.20. The lowest BCUT2D eigenvalue weighted by molar-refractivity contribution is 0.504. The van der Waals surface area contributed by atoms with Crippen molar-refractivity contribution in [1.29, 1.82) is 0 Å². The van der Waals surface area contributed by atoms with Crippen molar-refractivity contribution in [2.24, 2.45) is 4.99 Å². The van der Waals surface area contributed by atoms with Crippen LogP contribution in [0.4, 0.5) is 0 Å². The molecule has 2 N–H and O–H groups in total. The van der Waals surface area contributed by atoms with Crippen molar-refractivity contribution in [3.05, 3.63) is 47.5 Å². The van der Waals surface area contributed by atoms with Gasteiger partial charge in [0.05, 0.1) is 13.1 Å². The van der Waals surface area contributed by atoms with Crippen LogP contribution < -0.4 is 10.6 Å². The summed E-state index contributed by atoms with van der Waals surface area (Å²) in [6, 6.07) is 10.3. The molecule has 0 aliphatic carbocycles. The van der Waals surface area contributed by atoms with Crippen LogP contribution in [0.1, 0.15) is 37.0 Å². The van der Waals surface area contributed by atoms with Crippen molar-refractivity contribution in [1.82, 2.24) is 25.4 Å². The number of hydrogen-bond donors (Lipinski definition) is 2. The third kappa shape index (κ3) is 4.93. The van der Waals surface area contributed by atoms with Crippen LogP contribution in [0.15, 0.2) is 35.3 Å². The van der Waals surface area contributed by atoms with Gasteiger partial charge in [-0.05, 0) is 25.3 Å². The summed E-state index contributed by atoms with van der Waals surface area (Å²) in [5.74, 6) is 2.91. The normalized spacial score (nSPS) is 13.8. The van der Waals surface area contributed by atoms with Crippen LogP contribution in [-0.2, 0) is 26.1 Å². The second-order valence-corrected chi connectivity index (χ2v) is 5.68. The summed E-state index contributed by atoms with van der Waals surface area (Å²) in [6.07, 6.45) is 3.46. The van der Waals surface area contributed by atoms with E-state index in [4.69, 9.17) is 0 Å². The molecule has 1 aromatic heterocycles. The molecule has 0 amide bonds. The Hall–Kier alpha value is -1.64. The van der Waals surface area contributed by atoms with Crippen LogP contribution in [0, 0.1) is 0 Å². The lowest BCUT2D eigenvalue weighted by Crippen LogP contribution is -2.37. The van der Waals surface area contributed by atoms with Crippen LogP contribution in [0.2, 0.25) is 0 Å². The fourth-order valence-corrected chi connectivity index (χ4v) is 2.76. The van der Waals surface area contributed by atoms with Gasteiger partial charge in [0.1, 0.15) is 5.82 Å². The second kappa shape index (κ2) is 9.61. The zero-order valence-electron chi connectivity index (χ0n) is 14.0. The molecule has 1 aromatic carbocycles. The fraction of sp³-hybridized carbons (Fsp3) is 0.471. The average molecular weight is 440 g/mol. The number of fused-ring (bicyclic) bond motifs is 1. The van der Waals surface area contributed by atoms with Gasteiger partial charge in [-0.15, -0.1) is 34.2 Å². The molecule has 0 unspecified atom stereocenters. The van der Waals surface area contributed by atoms with Crippen molar-refractivity contribution in [3.63, 3.8) is 0 Å². The van der Waals surface area contributed by atoms with E-state index in [-0.39, 0.29) is 24.0 Å². The third-order valence-corrected chi connectivity index (χ3v) is 3.96. The first-order chi connectivity index (χ1) is 11.4. The molecule has 0 radical (unpaired) electrons. The largest absolute Gasteiger partial charge is 0.357 e. The molecule has 6 nitrogen and oxygen atoms in total. The number of aryl methyl sites for hydroxylation is 1. The van der Waals surface area contributed by atoms with Gasteiger partial charge in [-0.3, -0.25) is 0 Å². The molecule has 7 heteroatoms. The Morgan fingerprint density at radius 2 is 2.00 bits per heavy atom. The Morgan fingerprint density at radius 1 is 1.17 bits per heavy atom. The number of halogens is 1. The molecule has 0 bridgehead atoms. The van der Waals surface area contributed by atoms with Crippen molar-refractivity contribution in [3.8, 4) is 0 Å². The van der Waals surface area contributed by atoms with Crippen molar-refractivity contribution >= 4 is 29.9 Å². The SMILES string of the molecule is CCNC(=NCc1ccccc1)NCc1nnc2n1CCCC2.I. The van der Waals surface area contributed by atoms with E-state index >= 15 is 0 Å². The first kappa shape index (κ1) is 18.7. The van der Waals surface area contributed by atoms with Gasteiger partial charge in [0.15, 0.2) is 11.8 Å². The van der Waals surface area contributed by atoms with E-state index in [1.807, 2.05) is 18.2 Å². The smallest absolute Gasteiger partial charge is 0.191 e. The van der Waals surface area contributed by atoms with E-state index in [9.17, 15) is 0 Å². The predicted octanol–water partition coefficient (Wildman–Crippen LogP) is 2.49. The number of aromatic nitrogens is 3. The highest BCUT2D eigenvalue weighted by Gasteiger charge is 2.15. The van der Waals surface area contributed by atoms with Gasteiger partial charge >= 0.3 is 0 Å². The number of nitrogens with one attached hydrogen (secondary N) is 2. The minimum Gasteiger partial charge on any atom is -0.357 e. The van der Waals surface area contributed by atoms with E-state index in [1.54, 1.807) is 0 Å². The van der Waals surface area contributed by atoms with Crippen LogP contribution in [0.25, 0.3) is 0 Å². The second-order valence-electron chi connectivity index (χ2n) is 5.68. The summed E-state index contributed by atoms with van der Waals surface area (Å²) in [6.45, 7) is 5.23. The van der Waals surface area contributed by atoms with Crippen molar-refractivity contribution in [2.75, 3.05) is 6.54 Å². The van der Waals surface area contributed by atoms with Crippen LogP contribution >= 0.6 is 24.0 Å². The topological polar surface area (TPSA) is 67.1 Å². The maximum atomic E-state index is 4.63. The zero-order chi connectivity index (χ0) is 15.9. The maximum Gasteiger partial charge on any atom is 0.191 e. The lowest BCUT2D eigenvalue weighted by Gasteiger charge is -2.16. The van der Waals surface area contributed by atoms with E-state index in [2.05, 4.69) is 49.4 Å². The standard InChI is InChI=1S/C17H24N6.HI/c1-2-18-17(19-12-14-8-4-3-5-9-14)20-13-16-22-21-15-10-6-7-11-23(15)16;/h3-5,8-9H,2,6-7,10-13H2,1H3,(H2,18,19,20);1H. The minimum atomic E-state index is 0. The summed E-state index contributed by atoms with van der Waals surface area (Å²) >= 11 is 0. The molecule has 3 rings (SSSR count). The van der Waals surface area contributed by atoms with Crippen LogP contribution in [0.3, 0.4) is 0 Å². The monoisotopic (exact) mass is 440 g/mol. The van der Waals surface area contributed by atoms with E-state index < -0.39 is 0 Å². The molecular formula is C17H25IN6. The molecule has 1 aliphatic rings. The Kier molecular flexibility index (Phi) is 7.48. The highest BCUT2D eigenvalue weighted by Crippen LogP contribution is 2.13. The molecule has 0 fully saturated rings. The maximum absolute atomic E-state index is 4.63. The van der Waals surface area contributed by atoms with Gasteiger partial charge in [0.25, 0.3) is 0 Å². The molecule has 24 heavy (non-hydrogen) atoms. The first-order valence-electron chi connectivity index (χ1n) is 8.34. The summed E-state index contributed by atoms with van der Waals surface area (Å²) in [5, 5.41) is 15.2. The highest BCUT2D eigenvalue weighted by atomic mass is 127. The van der Waals surface area contributed by atoms with Gasteiger partial charge in [0.2, 0.25) is 0 Å². The number of hydrogen-bond acceptors (Lipinski definition) is 3. The number of rotatable bonds is 5. The predicted molar refractivity (Wildman–Crippen MR) is 106 cm³/mol. The Balaban J connectivity index is 0.00000208. The fourth-order valence-electron chi connectivity index (χ4n) is 2.76. The summed E-state index contributed by atoms with van der Waals surface area (Å²) < 4.78 is 2.23. The van der Waals surface area contributed by atoms with Gasteiger partial charge in [-0.1, -0.05) is 30.3 Å². The molecular weight excluding hydrogens is 415 g/mol. The summed E-state index contributed by atoms with van der Waals surface area (Å²) in [7, 11) is 0. The molecule has 2 heterocycles. The van der Waals surface area contributed by atoms with Gasteiger partial charge in [-0.2, -0.15) is 0 Å². The van der Waals surface area contributed by atoms with Crippen LogP contribution in [-0.4, -0.2) is 27.3 Å². The zero-order valence-corrected chi connectivity index (χ0v) is 16.4. The number of aliphatic imine (C=N–C) groups is 1. The van der Waals surface area contributed by atoms with Gasteiger partial charge in [-0.25, -0.2) is 4.99 Å². The van der Waals surface area contributed by atoms with Crippen molar-refractivity contribution in [2.45, 2.75) is 45.8 Å². The van der Waals surface area contributed by atoms with Crippen molar-refractivity contribution < 1.29 is 0 Å². The molecule has 0 saturated carbocycles. The first-order valence-corrected chi connectivity index (χ1v) is 8.34. The quantitative estimate of drug-likeness (QED) is 0.426. The average Bonchev–Trinajstić information content (AvgIpc) is 3.01. The molecule has 130 valence electrons. The molecule has 0 atom stereocenters. The Bertz CT molecular complexity index is 652. The van der Waals surface area contributed by atoms with Crippen LogP contribution in [0.5, 0.6) is 0 Å². The third-order valence-electron chi connectivity index (χ3n) is 3.96. The number of nitrogens with zero attached hydrogens (tertiary/aromatic N) is 4. The van der Waals surface area contributed by atoms with E-state index in [1.165, 1.54) is 18.4 Å². The number of guanidine groups is 1. The molecule has 0 saturated heterocycles. The highest BCUT2D eigenvalue weighted by molar-refractivity contribution is 14.0. The van der Waals surface area contributed by atoms with E-state index in [0.717, 1.165) is 37.1 Å². The van der Waals surface area contributed by atoms with E-state index in [0.29, 0.717) is 13.1 Å².